The quantitative estimate of drug-likeness (QED) is 0.668. The van der Waals surface area contributed by atoms with Gasteiger partial charge in [0, 0.05) is 30.3 Å². The number of ether oxygens (including phenoxy) is 1. The highest BCUT2D eigenvalue weighted by Gasteiger charge is 2.39. The lowest BCUT2D eigenvalue weighted by atomic mass is 10.1. The van der Waals surface area contributed by atoms with Gasteiger partial charge in [0.25, 0.3) is 0 Å². The third-order valence-electron chi connectivity index (χ3n) is 4.80. The van der Waals surface area contributed by atoms with Gasteiger partial charge in [0.2, 0.25) is 10.0 Å². The Kier molecular flexibility index (Phi) is 6.45. The van der Waals surface area contributed by atoms with Crippen LogP contribution in [0.25, 0.3) is 0 Å². The van der Waals surface area contributed by atoms with Crippen LogP contribution in [0.4, 0.5) is 10.1 Å². The summed E-state index contributed by atoms with van der Waals surface area (Å²) in [4.78, 5) is 14.5. The molecule has 0 aromatic heterocycles. The lowest BCUT2D eigenvalue weighted by molar-refractivity contribution is -0.145. The first-order valence-corrected chi connectivity index (χ1v) is 11.0. The maximum absolute atomic E-state index is 13.5. The first kappa shape index (κ1) is 21.5. The Morgan fingerprint density at radius 1 is 1.24 bits per heavy atom. The van der Waals surface area contributed by atoms with Crippen LogP contribution in [0.5, 0.6) is 0 Å². The Hall–Kier alpha value is -2.16. The molecule has 1 aliphatic rings. The SMILES string of the molecule is CCOC(=O)C1CN(S(=O)(=O)c2cccc(Cl)c2)CCN1c1ccc(F)cc1C. The molecule has 0 saturated carbocycles. The number of hydrogen-bond acceptors (Lipinski definition) is 5. The van der Waals surface area contributed by atoms with Crippen LogP contribution in [0.2, 0.25) is 5.02 Å². The lowest BCUT2D eigenvalue weighted by Gasteiger charge is -2.41. The fourth-order valence-electron chi connectivity index (χ4n) is 3.42. The van der Waals surface area contributed by atoms with E-state index in [1.165, 1.54) is 28.6 Å². The van der Waals surface area contributed by atoms with Crippen molar-refractivity contribution >= 4 is 33.3 Å². The van der Waals surface area contributed by atoms with Crippen molar-refractivity contribution in [3.05, 3.63) is 58.9 Å². The summed E-state index contributed by atoms with van der Waals surface area (Å²) < 4.78 is 46.1. The fraction of sp³-hybridized carbons (Fsp3) is 0.350. The van der Waals surface area contributed by atoms with Crippen LogP contribution in [0.3, 0.4) is 0 Å². The molecule has 1 saturated heterocycles. The molecule has 156 valence electrons. The van der Waals surface area contributed by atoms with Gasteiger partial charge in [0.15, 0.2) is 0 Å². The Balaban J connectivity index is 1.94. The number of benzene rings is 2. The molecule has 0 aliphatic carbocycles. The van der Waals surface area contributed by atoms with Crippen LogP contribution in [0.1, 0.15) is 12.5 Å². The van der Waals surface area contributed by atoms with Crippen molar-refractivity contribution in [2.75, 3.05) is 31.1 Å². The summed E-state index contributed by atoms with van der Waals surface area (Å²) in [5.74, 6) is -0.900. The van der Waals surface area contributed by atoms with E-state index in [0.29, 0.717) is 16.3 Å². The summed E-state index contributed by atoms with van der Waals surface area (Å²) in [5, 5.41) is 0.314. The number of hydrogen-bond donors (Lipinski definition) is 0. The molecule has 2 aromatic rings. The summed E-state index contributed by atoms with van der Waals surface area (Å²) >= 11 is 5.95. The van der Waals surface area contributed by atoms with Crippen LogP contribution in [-0.2, 0) is 19.6 Å². The van der Waals surface area contributed by atoms with Gasteiger partial charge < -0.3 is 9.64 Å². The summed E-state index contributed by atoms with van der Waals surface area (Å²) in [6.07, 6.45) is 0. The highest BCUT2D eigenvalue weighted by molar-refractivity contribution is 7.89. The minimum Gasteiger partial charge on any atom is -0.464 e. The number of sulfonamides is 1. The molecule has 29 heavy (non-hydrogen) atoms. The highest BCUT2D eigenvalue weighted by atomic mass is 35.5. The average Bonchev–Trinajstić information content (AvgIpc) is 2.68. The Labute approximate surface area is 174 Å². The zero-order valence-corrected chi connectivity index (χ0v) is 17.7. The average molecular weight is 441 g/mol. The molecule has 1 atom stereocenters. The number of halogens is 2. The summed E-state index contributed by atoms with van der Waals surface area (Å²) in [5.41, 5.74) is 1.33. The minimum absolute atomic E-state index is 0.0685. The van der Waals surface area contributed by atoms with Gasteiger partial charge in [-0.15, -0.1) is 0 Å². The van der Waals surface area contributed by atoms with Crippen LogP contribution in [0.15, 0.2) is 47.4 Å². The van der Waals surface area contributed by atoms with Crippen LogP contribution in [-0.4, -0.2) is 51.0 Å². The minimum atomic E-state index is -3.83. The molecule has 1 aliphatic heterocycles. The van der Waals surface area contributed by atoms with Crippen molar-refractivity contribution in [1.82, 2.24) is 4.31 Å². The van der Waals surface area contributed by atoms with Gasteiger partial charge in [0.1, 0.15) is 11.9 Å². The van der Waals surface area contributed by atoms with Crippen molar-refractivity contribution in [3.63, 3.8) is 0 Å². The van der Waals surface area contributed by atoms with Crippen LogP contribution < -0.4 is 4.90 Å². The second kappa shape index (κ2) is 8.69. The van der Waals surface area contributed by atoms with E-state index in [1.54, 1.807) is 36.9 Å². The second-order valence-electron chi connectivity index (χ2n) is 6.71. The van der Waals surface area contributed by atoms with Crippen molar-refractivity contribution in [2.45, 2.75) is 24.8 Å². The maximum atomic E-state index is 13.5. The van der Waals surface area contributed by atoms with Crippen LogP contribution >= 0.6 is 11.6 Å². The number of carbonyl (C=O) groups excluding carboxylic acids is 1. The van der Waals surface area contributed by atoms with Crippen molar-refractivity contribution in [1.29, 1.82) is 0 Å². The third-order valence-corrected chi connectivity index (χ3v) is 6.90. The first-order chi connectivity index (χ1) is 13.7. The van der Waals surface area contributed by atoms with Gasteiger partial charge in [0.05, 0.1) is 11.5 Å². The normalized spacial score (nSPS) is 17.9. The van der Waals surface area contributed by atoms with E-state index >= 15 is 0 Å². The standard InChI is InChI=1S/C20H22ClFN2O4S/c1-3-28-20(25)19-13-23(29(26,27)17-6-4-5-15(21)12-17)9-10-24(19)18-8-7-16(22)11-14(18)2/h4-8,11-12,19H,3,9-10,13H2,1-2H3. The van der Waals surface area contributed by atoms with E-state index < -0.39 is 22.0 Å². The largest absolute Gasteiger partial charge is 0.464 e. The number of esters is 1. The molecule has 1 unspecified atom stereocenters. The molecule has 0 radical (unpaired) electrons. The molecule has 0 spiro atoms. The smallest absolute Gasteiger partial charge is 0.330 e. The van der Waals surface area contributed by atoms with E-state index in [1.807, 2.05) is 0 Å². The summed E-state index contributed by atoms with van der Waals surface area (Å²) in [6, 6.07) is 9.46. The van der Waals surface area contributed by atoms with E-state index in [0.717, 1.165) is 0 Å². The molecule has 2 aromatic carbocycles. The topological polar surface area (TPSA) is 66.9 Å². The molecule has 0 bridgehead atoms. The Morgan fingerprint density at radius 2 is 2.00 bits per heavy atom. The zero-order valence-electron chi connectivity index (χ0n) is 16.1. The van der Waals surface area contributed by atoms with Crippen LogP contribution in [0, 0.1) is 12.7 Å². The van der Waals surface area contributed by atoms with Gasteiger partial charge in [-0.1, -0.05) is 17.7 Å². The molecule has 1 heterocycles. The molecule has 0 amide bonds. The fourth-order valence-corrected chi connectivity index (χ4v) is 5.16. The Morgan fingerprint density at radius 3 is 2.66 bits per heavy atom. The molecule has 3 rings (SSSR count). The maximum Gasteiger partial charge on any atom is 0.330 e. The third kappa shape index (κ3) is 4.55. The predicted octanol–water partition coefficient (Wildman–Crippen LogP) is 3.23. The van der Waals surface area contributed by atoms with Gasteiger partial charge in [-0.2, -0.15) is 4.31 Å². The van der Waals surface area contributed by atoms with Crippen molar-refractivity contribution in [2.24, 2.45) is 0 Å². The van der Waals surface area contributed by atoms with Gasteiger partial charge in [-0.25, -0.2) is 17.6 Å². The van der Waals surface area contributed by atoms with E-state index in [9.17, 15) is 17.6 Å². The van der Waals surface area contributed by atoms with Crippen molar-refractivity contribution in [3.8, 4) is 0 Å². The van der Waals surface area contributed by atoms with Gasteiger partial charge >= 0.3 is 5.97 Å². The first-order valence-electron chi connectivity index (χ1n) is 9.19. The Bertz CT molecular complexity index is 1020. The molecular formula is C20H22ClFN2O4S. The molecule has 6 nitrogen and oxygen atoms in total. The number of aryl methyl sites for hydroxylation is 1. The second-order valence-corrected chi connectivity index (χ2v) is 9.09. The zero-order chi connectivity index (χ0) is 21.2. The number of nitrogens with zero attached hydrogens (tertiary/aromatic N) is 2. The molecule has 9 heteroatoms. The highest BCUT2D eigenvalue weighted by Crippen LogP contribution is 2.28. The summed E-state index contributed by atoms with van der Waals surface area (Å²) in [7, 11) is -3.83. The van der Waals surface area contributed by atoms with Crippen molar-refractivity contribution < 1.29 is 22.3 Å². The monoisotopic (exact) mass is 440 g/mol. The molecule has 0 N–H and O–H groups in total. The number of piperazine rings is 1. The number of carbonyl (C=O) groups is 1. The number of rotatable bonds is 5. The van der Waals surface area contributed by atoms with E-state index in [2.05, 4.69) is 0 Å². The van der Waals surface area contributed by atoms with Gasteiger partial charge in [-0.3, -0.25) is 0 Å². The van der Waals surface area contributed by atoms with E-state index in [4.69, 9.17) is 16.3 Å². The number of anilines is 1. The lowest BCUT2D eigenvalue weighted by Crippen LogP contribution is -2.58. The van der Waals surface area contributed by atoms with Gasteiger partial charge in [-0.05, 0) is 55.8 Å². The van der Waals surface area contributed by atoms with E-state index in [-0.39, 0.29) is 37.0 Å². The summed E-state index contributed by atoms with van der Waals surface area (Å²) in [6.45, 7) is 3.96. The molecular weight excluding hydrogens is 419 g/mol. The predicted molar refractivity (Wildman–Crippen MR) is 109 cm³/mol. The molecule has 1 fully saturated rings.